The van der Waals surface area contributed by atoms with E-state index in [1.807, 2.05) is 31.2 Å². The minimum atomic E-state index is -0.337. The summed E-state index contributed by atoms with van der Waals surface area (Å²) in [6.45, 7) is 3.11. The van der Waals surface area contributed by atoms with Crippen molar-refractivity contribution in [2.24, 2.45) is 0 Å². The van der Waals surface area contributed by atoms with Crippen molar-refractivity contribution >= 4 is 56.5 Å². The molecule has 0 N–H and O–H groups in total. The van der Waals surface area contributed by atoms with Crippen molar-refractivity contribution in [1.29, 1.82) is 0 Å². The first-order valence-corrected chi connectivity index (χ1v) is 11.5. The zero-order chi connectivity index (χ0) is 22.4. The molecule has 1 aliphatic rings. The van der Waals surface area contributed by atoms with E-state index in [-0.39, 0.29) is 24.3 Å². The van der Waals surface area contributed by atoms with Crippen molar-refractivity contribution in [2.75, 3.05) is 26.9 Å². The molecule has 0 unspecified atom stereocenters. The van der Waals surface area contributed by atoms with Crippen LogP contribution in [-0.4, -0.2) is 42.9 Å². The molecule has 164 valence electrons. The first-order chi connectivity index (χ1) is 14.9. The fraction of sp³-hybridized carbons (Fsp3) is 0.273. The van der Waals surface area contributed by atoms with Crippen molar-refractivity contribution in [3.8, 4) is 11.5 Å². The number of ether oxygens (including phenoxy) is 3. The summed E-state index contributed by atoms with van der Waals surface area (Å²) in [7, 11) is 1.52. The maximum absolute atomic E-state index is 12.6. The normalized spacial score (nSPS) is 15.1. The van der Waals surface area contributed by atoms with Crippen LogP contribution in [0.4, 0.5) is 4.79 Å². The number of rotatable bonds is 9. The highest BCUT2D eigenvalue weighted by Crippen LogP contribution is 2.38. The number of methoxy groups -OCH3 is 1. The van der Waals surface area contributed by atoms with Gasteiger partial charge in [0.2, 0.25) is 0 Å². The number of hydrogen-bond donors (Lipinski definition) is 0. The first kappa shape index (κ1) is 23.7. The Hall–Kier alpha value is -2.00. The third kappa shape index (κ3) is 5.83. The van der Waals surface area contributed by atoms with E-state index in [9.17, 15) is 9.59 Å². The Morgan fingerprint density at radius 1 is 1.16 bits per heavy atom. The molecule has 9 heteroatoms. The van der Waals surface area contributed by atoms with E-state index >= 15 is 0 Å². The van der Waals surface area contributed by atoms with E-state index in [1.165, 1.54) is 12.0 Å². The van der Waals surface area contributed by atoms with Gasteiger partial charge in [0.1, 0.15) is 6.61 Å². The van der Waals surface area contributed by atoms with Gasteiger partial charge in [-0.3, -0.25) is 14.5 Å². The number of amides is 2. The van der Waals surface area contributed by atoms with E-state index in [4.69, 9.17) is 25.8 Å². The quantitative estimate of drug-likeness (QED) is 0.387. The third-order valence-electron chi connectivity index (χ3n) is 4.38. The molecule has 3 rings (SSSR count). The molecule has 0 bridgehead atoms. The second-order valence-electron chi connectivity index (χ2n) is 6.46. The minimum absolute atomic E-state index is 0.221. The molecule has 1 fully saturated rings. The molecule has 2 amide bonds. The Labute approximate surface area is 198 Å². The molecular weight excluding hydrogens is 506 g/mol. The zero-order valence-electron chi connectivity index (χ0n) is 17.0. The van der Waals surface area contributed by atoms with E-state index in [0.717, 1.165) is 17.3 Å². The van der Waals surface area contributed by atoms with Gasteiger partial charge in [-0.2, -0.15) is 0 Å². The molecule has 0 spiro atoms. The van der Waals surface area contributed by atoms with Crippen LogP contribution < -0.4 is 9.47 Å². The third-order valence-corrected chi connectivity index (χ3v) is 6.35. The molecule has 0 aliphatic carbocycles. The zero-order valence-corrected chi connectivity index (χ0v) is 20.2. The molecule has 31 heavy (non-hydrogen) atoms. The van der Waals surface area contributed by atoms with Gasteiger partial charge in [-0.15, -0.1) is 0 Å². The number of imide groups is 1. The fourth-order valence-corrected chi connectivity index (χ4v) is 4.31. The maximum Gasteiger partial charge on any atom is 0.293 e. The number of benzene rings is 2. The van der Waals surface area contributed by atoms with Gasteiger partial charge in [-0.05, 0) is 48.5 Å². The van der Waals surface area contributed by atoms with Crippen LogP contribution in [0.15, 0.2) is 45.8 Å². The number of carbonyl (C=O) groups is 2. The topological polar surface area (TPSA) is 65.1 Å². The summed E-state index contributed by atoms with van der Waals surface area (Å²) in [5.41, 5.74) is 1.56. The number of carbonyl (C=O) groups excluding carboxylic acids is 2. The molecule has 0 saturated carbocycles. The predicted octanol–water partition coefficient (Wildman–Crippen LogP) is 5.76. The molecule has 2 aromatic rings. The van der Waals surface area contributed by atoms with Crippen molar-refractivity contribution < 1.29 is 23.8 Å². The maximum atomic E-state index is 12.6. The molecule has 2 aromatic carbocycles. The molecule has 0 radical (unpaired) electrons. The van der Waals surface area contributed by atoms with Gasteiger partial charge in [0, 0.05) is 22.2 Å². The standard InChI is InChI=1S/C22H21BrClNO5S/c1-3-29-18-10-15(11-20-21(26)25(8-9-28-2)22(27)31-20)16(23)12-19(18)30-13-14-6-4-5-7-17(14)24/h4-7,10-12H,3,8-9,13H2,1-2H3/b20-11+. The second kappa shape index (κ2) is 11.0. The summed E-state index contributed by atoms with van der Waals surface area (Å²) >= 11 is 10.6. The lowest BCUT2D eigenvalue weighted by atomic mass is 10.1. The van der Waals surface area contributed by atoms with E-state index in [1.54, 1.807) is 18.2 Å². The van der Waals surface area contributed by atoms with Gasteiger partial charge in [-0.25, -0.2) is 0 Å². The van der Waals surface area contributed by atoms with Gasteiger partial charge >= 0.3 is 0 Å². The van der Waals surface area contributed by atoms with Crippen molar-refractivity contribution in [3.05, 3.63) is 61.9 Å². The summed E-state index contributed by atoms with van der Waals surface area (Å²) in [6, 6.07) is 11.0. The first-order valence-electron chi connectivity index (χ1n) is 9.51. The number of nitrogens with zero attached hydrogens (tertiary/aromatic N) is 1. The summed E-state index contributed by atoms with van der Waals surface area (Å²) in [4.78, 5) is 26.3. The van der Waals surface area contributed by atoms with Crippen molar-refractivity contribution in [1.82, 2.24) is 4.90 Å². The molecule has 6 nitrogen and oxygen atoms in total. The largest absolute Gasteiger partial charge is 0.490 e. The average Bonchev–Trinajstić information content (AvgIpc) is 3.01. The summed E-state index contributed by atoms with van der Waals surface area (Å²) in [5.74, 6) is 0.734. The Morgan fingerprint density at radius 2 is 1.90 bits per heavy atom. The average molecular weight is 527 g/mol. The SMILES string of the molecule is CCOc1cc(/C=C2/SC(=O)N(CCOC)C2=O)c(Br)cc1OCc1ccccc1Cl. The number of halogens is 2. The second-order valence-corrected chi connectivity index (χ2v) is 8.71. The lowest BCUT2D eigenvalue weighted by Gasteiger charge is -2.15. The lowest BCUT2D eigenvalue weighted by Crippen LogP contribution is -2.31. The summed E-state index contributed by atoms with van der Waals surface area (Å²) in [6.07, 6.45) is 1.67. The Balaban J connectivity index is 1.85. The van der Waals surface area contributed by atoms with Crippen LogP contribution >= 0.6 is 39.3 Å². The monoisotopic (exact) mass is 525 g/mol. The van der Waals surface area contributed by atoms with E-state index < -0.39 is 0 Å². The predicted molar refractivity (Wildman–Crippen MR) is 126 cm³/mol. The molecule has 0 atom stereocenters. The van der Waals surface area contributed by atoms with Gasteiger partial charge in [0.15, 0.2) is 11.5 Å². The van der Waals surface area contributed by atoms with Gasteiger partial charge < -0.3 is 14.2 Å². The van der Waals surface area contributed by atoms with Crippen LogP contribution in [0.3, 0.4) is 0 Å². The van der Waals surface area contributed by atoms with Gasteiger partial charge in [0.25, 0.3) is 11.1 Å². The van der Waals surface area contributed by atoms with Crippen molar-refractivity contribution in [2.45, 2.75) is 13.5 Å². The molecule has 1 aliphatic heterocycles. The van der Waals surface area contributed by atoms with Crippen LogP contribution in [0, 0.1) is 0 Å². The summed E-state index contributed by atoms with van der Waals surface area (Å²) < 4.78 is 17.4. The smallest absolute Gasteiger partial charge is 0.293 e. The van der Waals surface area contributed by atoms with Crippen LogP contribution in [-0.2, 0) is 16.1 Å². The highest BCUT2D eigenvalue weighted by atomic mass is 79.9. The number of thioether (sulfide) groups is 1. The Morgan fingerprint density at radius 3 is 2.61 bits per heavy atom. The van der Waals surface area contributed by atoms with Crippen LogP contribution in [0.1, 0.15) is 18.1 Å². The Kier molecular flexibility index (Phi) is 8.43. The van der Waals surface area contributed by atoms with E-state index in [0.29, 0.717) is 44.7 Å². The van der Waals surface area contributed by atoms with Gasteiger partial charge in [0.05, 0.1) is 24.7 Å². The molecule has 1 heterocycles. The highest BCUT2D eigenvalue weighted by Gasteiger charge is 2.34. The van der Waals surface area contributed by atoms with Crippen molar-refractivity contribution in [3.63, 3.8) is 0 Å². The Bertz CT molecular complexity index is 1010. The number of hydrogen-bond acceptors (Lipinski definition) is 6. The molecule has 0 aromatic heterocycles. The molecular formula is C22H21BrClNO5S. The molecule has 1 saturated heterocycles. The van der Waals surface area contributed by atoms with Gasteiger partial charge in [-0.1, -0.05) is 45.7 Å². The van der Waals surface area contributed by atoms with Crippen LogP contribution in [0.25, 0.3) is 6.08 Å². The van der Waals surface area contributed by atoms with Crippen LogP contribution in [0.5, 0.6) is 11.5 Å². The minimum Gasteiger partial charge on any atom is -0.490 e. The fourth-order valence-electron chi connectivity index (χ4n) is 2.83. The summed E-state index contributed by atoms with van der Waals surface area (Å²) in [5, 5.41) is 0.314. The lowest BCUT2D eigenvalue weighted by molar-refractivity contribution is -0.123. The van der Waals surface area contributed by atoms with E-state index in [2.05, 4.69) is 15.9 Å². The highest BCUT2D eigenvalue weighted by molar-refractivity contribution is 9.10. The van der Waals surface area contributed by atoms with Crippen LogP contribution in [0.2, 0.25) is 5.02 Å².